The van der Waals surface area contributed by atoms with Crippen LogP contribution in [-0.2, 0) is 18.4 Å². The number of phosphoric ester groups is 1. The van der Waals surface area contributed by atoms with Gasteiger partial charge in [-0.25, -0.2) is 4.57 Å². The number of nitrogens with zero attached hydrogens (tertiary/aromatic N) is 1. The van der Waals surface area contributed by atoms with E-state index in [4.69, 9.17) is 9.05 Å². The van der Waals surface area contributed by atoms with Gasteiger partial charge in [-0.2, -0.15) is 0 Å². The summed E-state index contributed by atoms with van der Waals surface area (Å²) >= 11 is 0. The fourth-order valence-corrected chi connectivity index (χ4v) is 6.96. The summed E-state index contributed by atoms with van der Waals surface area (Å²) in [6.07, 6.45) is 45.0. The topological polar surface area (TPSA) is 105 Å². The number of carbonyl (C=O) groups is 1. The maximum atomic E-state index is 12.8. The third-order valence-corrected chi connectivity index (χ3v) is 10.8. The van der Waals surface area contributed by atoms with Crippen molar-refractivity contribution < 1.29 is 32.9 Å². The number of rotatable bonds is 40. The Hall–Kier alpha value is -1.28. The van der Waals surface area contributed by atoms with Gasteiger partial charge < -0.3 is 19.8 Å². The number of hydrogen-bond donors (Lipinski definition) is 3. The van der Waals surface area contributed by atoms with E-state index in [0.29, 0.717) is 17.4 Å². The van der Waals surface area contributed by atoms with Gasteiger partial charge in [0.2, 0.25) is 5.91 Å². The second-order valence-electron chi connectivity index (χ2n) is 16.4. The van der Waals surface area contributed by atoms with Crippen molar-refractivity contribution in [1.82, 2.24) is 5.32 Å². The molecule has 3 atom stereocenters. The monoisotopic (exact) mass is 784 g/mol. The molecule has 0 aliphatic rings. The molecule has 0 rings (SSSR count). The third kappa shape index (κ3) is 39.0. The van der Waals surface area contributed by atoms with Crippen LogP contribution in [0, 0.1) is 0 Å². The van der Waals surface area contributed by atoms with Crippen molar-refractivity contribution in [2.45, 2.75) is 206 Å². The van der Waals surface area contributed by atoms with Crippen LogP contribution in [0.1, 0.15) is 194 Å². The number of hydrogen-bond acceptors (Lipinski definition) is 5. The fourth-order valence-electron chi connectivity index (χ4n) is 6.23. The number of quaternary nitrogens is 1. The lowest BCUT2D eigenvalue weighted by atomic mass is 10.0. The molecule has 3 unspecified atom stereocenters. The van der Waals surface area contributed by atoms with Crippen LogP contribution in [0.25, 0.3) is 0 Å². The van der Waals surface area contributed by atoms with Crippen LogP contribution in [0.5, 0.6) is 0 Å². The van der Waals surface area contributed by atoms with Crippen molar-refractivity contribution in [1.29, 1.82) is 0 Å². The zero-order valence-corrected chi connectivity index (χ0v) is 36.9. The van der Waals surface area contributed by atoms with Crippen LogP contribution < -0.4 is 5.32 Å². The van der Waals surface area contributed by atoms with Crippen LogP contribution in [-0.4, -0.2) is 73.4 Å². The van der Waals surface area contributed by atoms with E-state index in [-0.39, 0.29) is 19.1 Å². The van der Waals surface area contributed by atoms with Gasteiger partial charge in [-0.1, -0.05) is 166 Å². The molecule has 0 aromatic carbocycles. The molecule has 8 nitrogen and oxygen atoms in total. The van der Waals surface area contributed by atoms with E-state index in [2.05, 4.69) is 43.5 Å². The molecule has 0 aromatic rings. The van der Waals surface area contributed by atoms with Crippen molar-refractivity contribution in [2.75, 3.05) is 40.9 Å². The first-order valence-corrected chi connectivity index (χ1v) is 23.9. The van der Waals surface area contributed by atoms with Gasteiger partial charge in [0.15, 0.2) is 0 Å². The Morgan fingerprint density at radius 3 is 1.50 bits per heavy atom. The zero-order chi connectivity index (χ0) is 40.0. The predicted molar refractivity (Wildman–Crippen MR) is 231 cm³/mol. The Bertz CT molecular complexity index is 980. The fraction of sp³-hybridized carbons (Fsp3) is 0.844. The number of likely N-dealkylation sites (N-methyl/N-ethyl adjacent to an activating group) is 1. The van der Waals surface area contributed by atoms with Crippen LogP contribution in [0.4, 0.5) is 0 Å². The van der Waals surface area contributed by atoms with Crippen molar-refractivity contribution in [3.8, 4) is 0 Å². The molecule has 0 aromatic heterocycles. The molecule has 0 heterocycles. The van der Waals surface area contributed by atoms with E-state index >= 15 is 0 Å². The van der Waals surface area contributed by atoms with Crippen LogP contribution in [0.2, 0.25) is 0 Å². The maximum Gasteiger partial charge on any atom is 0.472 e. The van der Waals surface area contributed by atoms with Crippen LogP contribution >= 0.6 is 7.82 Å². The molecule has 0 saturated heterocycles. The van der Waals surface area contributed by atoms with Gasteiger partial charge in [-0.15, -0.1) is 0 Å². The van der Waals surface area contributed by atoms with Gasteiger partial charge in [0.25, 0.3) is 0 Å². The Kier molecular flexibility index (Phi) is 36.4. The summed E-state index contributed by atoms with van der Waals surface area (Å²) in [7, 11) is 1.55. The Morgan fingerprint density at radius 2 is 1.02 bits per heavy atom. The number of aliphatic hydroxyl groups is 1. The van der Waals surface area contributed by atoms with Crippen LogP contribution in [0.3, 0.4) is 0 Å². The highest BCUT2D eigenvalue weighted by Crippen LogP contribution is 2.43. The number of amides is 1. The number of aliphatic hydroxyl groups excluding tert-OH is 1. The summed E-state index contributed by atoms with van der Waals surface area (Å²) in [5.41, 5.74) is 0. The molecule has 0 fully saturated rings. The van der Waals surface area contributed by atoms with E-state index in [1.165, 1.54) is 122 Å². The molecule has 0 aliphatic heterocycles. The molecular weight excluding hydrogens is 695 g/mol. The van der Waals surface area contributed by atoms with Gasteiger partial charge >= 0.3 is 7.82 Å². The zero-order valence-electron chi connectivity index (χ0n) is 36.0. The first-order valence-electron chi connectivity index (χ1n) is 22.4. The standard InChI is InChI=1S/C45H87N2O6P/c1-6-8-10-12-14-16-18-20-21-22-23-24-25-27-28-30-32-34-36-38-44(48)43(42-53-54(50,51)52-41-40-47(3,4)5)46-45(49)39-37-35-33-31-29-26-19-17-15-13-11-9-7-2/h17,19,28,30,36,38,43-44,48H,6-16,18,20-27,29,31-35,37,39-42H2,1-5H3,(H-,46,49,50,51)/p+1/b19-17-,30-28+,38-36+. The number of phosphoric acid groups is 1. The molecule has 1 amide bonds. The summed E-state index contributed by atoms with van der Waals surface area (Å²) < 4.78 is 23.5. The lowest BCUT2D eigenvalue weighted by molar-refractivity contribution is -0.870. The third-order valence-electron chi connectivity index (χ3n) is 9.83. The summed E-state index contributed by atoms with van der Waals surface area (Å²) in [6, 6.07) is -0.865. The molecule has 0 bridgehead atoms. The van der Waals surface area contributed by atoms with E-state index in [9.17, 15) is 19.4 Å². The van der Waals surface area contributed by atoms with Gasteiger partial charge in [-0.05, 0) is 57.8 Å². The highest BCUT2D eigenvalue weighted by Gasteiger charge is 2.27. The van der Waals surface area contributed by atoms with Crippen molar-refractivity contribution in [3.63, 3.8) is 0 Å². The largest absolute Gasteiger partial charge is 0.472 e. The van der Waals surface area contributed by atoms with Gasteiger partial charge in [0, 0.05) is 6.42 Å². The van der Waals surface area contributed by atoms with E-state index in [0.717, 1.165) is 51.4 Å². The number of carbonyl (C=O) groups excluding carboxylic acids is 1. The minimum atomic E-state index is -4.34. The Labute approximate surface area is 334 Å². The molecule has 3 N–H and O–H groups in total. The molecule has 318 valence electrons. The summed E-state index contributed by atoms with van der Waals surface area (Å²) in [5.74, 6) is -0.197. The van der Waals surface area contributed by atoms with Crippen LogP contribution in [0.15, 0.2) is 36.5 Å². The summed E-state index contributed by atoms with van der Waals surface area (Å²) in [5, 5.41) is 13.8. The Balaban J connectivity index is 4.47. The predicted octanol–water partition coefficient (Wildman–Crippen LogP) is 12.3. The number of unbranched alkanes of at least 4 members (excludes halogenated alkanes) is 23. The normalized spacial score (nSPS) is 14.7. The number of nitrogens with one attached hydrogen (secondary N) is 1. The lowest BCUT2D eigenvalue weighted by Crippen LogP contribution is -2.45. The highest BCUT2D eigenvalue weighted by molar-refractivity contribution is 7.47. The van der Waals surface area contributed by atoms with Gasteiger partial charge in [0.05, 0.1) is 39.9 Å². The highest BCUT2D eigenvalue weighted by atomic mass is 31.2. The van der Waals surface area contributed by atoms with E-state index in [1.54, 1.807) is 6.08 Å². The molecule has 54 heavy (non-hydrogen) atoms. The SMILES string of the molecule is CCCCCC/C=C\CCCCCCCC(=O)NC(COP(=O)(O)OCC[N+](C)(C)C)C(O)/C=C/CC/C=C/CCCCCCCCCCCCCCC. The smallest absolute Gasteiger partial charge is 0.387 e. The lowest BCUT2D eigenvalue weighted by Gasteiger charge is -2.25. The average molecular weight is 784 g/mol. The first kappa shape index (κ1) is 52.7. The molecule has 9 heteroatoms. The summed E-state index contributed by atoms with van der Waals surface area (Å²) in [4.78, 5) is 23.1. The molecular formula is C45H88N2O6P+. The summed E-state index contributed by atoms with van der Waals surface area (Å²) in [6.45, 7) is 4.77. The maximum absolute atomic E-state index is 12.8. The van der Waals surface area contributed by atoms with Gasteiger partial charge in [-0.3, -0.25) is 13.8 Å². The Morgan fingerprint density at radius 1 is 0.611 bits per heavy atom. The number of allylic oxidation sites excluding steroid dienone is 5. The van der Waals surface area contributed by atoms with E-state index in [1.807, 2.05) is 27.2 Å². The quantitative estimate of drug-likeness (QED) is 0.0247. The molecule has 0 aliphatic carbocycles. The van der Waals surface area contributed by atoms with Gasteiger partial charge in [0.1, 0.15) is 13.2 Å². The molecule has 0 radical (unpaired) electrons. The minimum absolute atomic E-state index is 0.0545. The van der Waals surface area contributed by atoms with Crippen molar-refractivity contribution in [2.24, 2.45) is 0 Å². The van der Waals surface area contributed by atoms with Crippen molar-refractivity contribution >= 4 is 13.7 Å². The minimum Gasteiger partial charge on any atom is -0.387 e. The van der Waals surface area contributed by atoms with E-state index < -0.39 is 20.0 Å². The second kappa shape index (κ2) is 37.3. The van der Waals surface area contributed by atoms with Crippen molar-refractivity contribution in [3.05, 3.63) is 36.5 Å². The first-order chi connectivity index (χ1) is 26.0. The molecule has 0 saturated carbocycles. The second-order valence-corrected chi connectivity index (χ2v) is 17.9. The average Bonchev–Trinajstić information content (AvgIpc) is 3.12. The molecule has 0 spiro atoms.